The summed E-state index contributed by atoms with van der Waals surface area (Å²) in [6.45, 7) is 4.84. The Kier molecular flexibility index (Phi) is 10.9. The summed E-state index contributed by atoms with van der Waals surface area (Å²) in [6.07, 6.45) is 3.09. The van der Waals surface area contributed by atoms with E-state index in [4.69, 9.17) is 16.3 Å². The molecule has 5 nitrogen and oxygen atoms in total. The van der Waals surface area contributed by atoms with Crippen LogP contribution in [0.1, 0.15) is 38.7 Å². The van der Waals surface area contributed by atoms with Gasteiger partial charge >= 0.3 is 0 Å². The first-order valence-electron chi connectivity index (χ1n) is 10.6. The third-order valence-electron chi connectivity index (χ3n) is 4.94. The summed E-state index contributed by atoms with van der Waals surface area (Å²) in [5.41, 5.74) is 1.11. The third kappa shape index (κ3) is 8.19. The largest absolute Gasteiger partial charge is 0.482 e. The lowest BCUT2D eigenvalue weighted by atomic mass is 10.1. The molecule has 0 aliphatic carbocycles. The van der Waals surface area contributed by atoms with Crippen molar-refractivity contribution in [2.45, 2.75) is 45.6 Å². The molecule has 1 unspecified atom stereocenters. The second kappa shape index (κ2) is 13.4. The molecule has 1 atom stereocenters. The highest BCUT2D eigenvalue weighted by molar-refractivity contribution is 9.10. The summed E-state index contributed by atoms with van der Waals surface area (Å²) in [4.78, 5) is 27.5. The zero-order valence-electron chi connectivity index (χ0n) is 18.1. The number of rotatable bonds is 12. The van der Waals surface area contributed by atoms with Crippen LogP contribution in [0.3, 0.4) is 0 Å². The average molecular weight is 510 g/mol. The van der Waals surface area contributed by atoms with Gasteiger partial charge in [-0.3, -0.25) is 9.59 Å². The van der Waals surface area contributed by atoms with Gasteiger partial charge in [0.15, 0.2) is 6.61 Å². The van der Waals surface area contributed by atoms with E-state index < -0.39 is 6.04 Å². The maximum Gasteiger partial charge on any atom is 0.261 e. The zero-order valence-corrected chi connectivity index (χ0v) is 20.4. The van der Waals surface area contributed by atoms with E-state index in [0.29, 0.717) is 36.7 Å². The van der Waals surface area contributed by atoms with E-state index in [9.17, 15) is 9.59 Å². The highest BCUT2D eigenvalue weighted by atomic mass is 79.9. The van der Waals surface area contributed by atoms with Crippen molar-refractivity contribution in [3.63, 3.8) is 0 Å². The number of unbranched alkanes of at least 4 members (excludes halogenated alkanes) is 1. The Bertz CT molecular complexity index is 848. The molecular formula is C24H30BrClN2O3. The zero-order chi connectivity index (χ0) is 22.6. The number of nitrogens with one attached hydrogen (secondary N) is 1. The molecule has 0 radical (unpaired) electrons. The maximum absolute atomic E-state index is 13.1. The molecule has 0 saturated heterocycles. The van der Waals surface area contributed by atoms with E-state index in [1.165, 1.54) is 0 Å². The molecule has 0 aliphatic heterocycles. The van der Waals surface area contributed by atoms with Crippen LogP contribution in [0, 0.1) is 0 Å². The van der Waals surface area contributed by atoms with E-state index in [0.717, 1.165) is 22.9 Å². The number of carbonyl (C=O) groups excluding carboxylic acids is 2. The van der Waals surface area contributed by atoms with E-state index in [-0.39, 0.29) is 18.4 Å². The number of benzene rings is 2. The summed E-state index contributed by atoms with van der Waals surface area (Å²) in [7, 11) is 0. The van der Waals surface area contributed by atoms with Gasteiger partial charge in [0, 0.05) is 17.6 Å². The number of halogens is 2. The summed E-state index contributed by atoms with van der Waals surface area (Å²) in [6, 6.07) is 14.6. The van der Waals surface area contributed by atoms with Crippen LogP contribution in [0.25, 0.3) is 0 Å². The standard InChI is InChI=1S/C24H30BrClN2O3/c1-3-5-14-27-24(30)21(4-2)28(15-13-18-9-7-6-8-10-18)23(29)17-31-22-12-11-19(25)16-20(22)26/h6-12,16,21H,3-5,13-15,17H2,1-2H3,(H,27,30). The van der Waals surface area contributed by atoms with Crippen LogP contribution < -0.4 is 10.1 Å². The SMILES string of the molecule is CCCCNC(=O)C(CC)N(CCc1ccccc1)C(=O)COc1ccc(Br)cc1Cl. The Balaban J connectivity index is 2.11. The molecule has 1 N–H and O–H groups in total. The number of hydrogen-bond donors (Lipinski definition) is 1. The summed E-state index contributed by atoms with van der Waals surface area (Å²) < 4.78 is 6.51. The number of amides is 2. The van der Waals surface area contributed by atoms with Crippen LogP contribution in [-0.2, 0) is 16.0 Å². The van der Waals surface area contributed by atoms with Gasteiger partial charge in [-0.05, 0) is 43.0 Å². The van der Waals surface area contributed by atoms with Gasteiger partial charge in [0.2, 0.25) is 5.91 Å². The fourth-order valence-electron chi connectivity index (χ4n) is 3.22. The monoisotopic (exact) mass is 508 g/mol. The highest BCUT2D eigenvalue weighted by Crippen LogP contribution is 2.27. The van der Waals surface area contributed by atoms with Crippen LogP contribution in [0.15, 0.2) is 53.0 Å². The van der Waals surface area contributed by atoms with Crippen molar-refractivity contribution in [1.82, 2.24) is 10.2 Å². The molecule has 2 aromatic rings. The first kappa shape index (κ1) is 25.2. The van der Waals surface area contributed by atoms with Gasteiger partial charge in [-0.1, -0.05) is 78.1 Å². The molecular weight excluding hydrogens is 480 g/mol. The number of ether oxygens (including phenoxy) is 1. The minimum Gasteiger partial charge on any atom is -0.482 e. The van der Waals surface area contributed by atoms with Crippen molar-refractivity contribution in [1.29, 1.82) is 0 Å². The van der Waals surface area contributed by atoms with Crippen LogP contribution >= 0.6 is 27.5 Å². The normalized spacial score (nSPS) is 11.6. The Morgan fingerprint density at radius 2 is 1.90 bits per heavy atom. The quantitative estimate of drug-likeness (QED) is 0.398. The molecule has 2 amide bonds. The minimum atomic E-state index is -0.544. The molecule has 0 bridgehead atoms. The van der Waals surface area contributed by atoms with Crippen LogP contribution in [-0.4, -0.2) is 42.5 Å². The Morgan fingerprint density at radius 3 is 2.55 bits per heavy atom. The van der Waals surface area contributed by atoms with E-state index in [1.807, 2.05) is 37.3 Å². The lowest BCUT2D eigenvalue weighted by Gasteiger charge is -2.30. The van der Waals surface area contributed by atoms with Gasteiger partial charge in [0.25, 0.3) is 5.91 Å². The number of nitrogens with zero attached hydrogens (tertiary/aromatic N) is 1. The van der Waals surface area contributed by atoms with Crippen molar-refractivity contribution in [2.24, 2.45) is 0 Å². The molecule has 31 heavy (non-hydrogen) atoms. The maximum atomic E-state index is 13.1. The summed E-state index contributed by atoms with van der Waals surface area (Å²) >= 11 is 9.55. The molecule has 0 aliphatic rings. The van der Waals surface area contributed by atoms with Gasteiger partial charge in [0.05, 0.1) is 5.02 Å². The fraction of sp³-hybridized carbons (Fsp3) is 0.417. The average Bonchev–Trinajstić information content (AvgIpc) is 2.76. The lowest BCUT2D eigenvalue weighted by Crippen LogP contribution is -2.51. The third-order valence-corrected chi connectivity index (χ3v) is 5.73. The summed E-state index contributed by atoms with van der Waals surface area (Å²) in [5.74, 6) is 0.0631. The molecule has 0 heterocycles. The van der Waals surface area contributed by atoms with E-state index in [2.05, 4.69) is 28.2 Å². The van der Waals surface area contributed by atoms with Crippen molar-refractivity contribution in [3.05, 3.63) is 63.6 Å². The van der Waals surface area contributed by atoms with Gasteiger partial charge in [-0.15, -0.1) is 0 Å². The second-order valence-electron chi connectivity index (χ2n) is 7.25. The van der Waals surface area contributed by atoms with Gasteiger partial charge in [-0.25, -0.2) is 0 Å². The van der Waals surface area contributed by atoms with Crippen LogP contribution in [0.4, 0.5) is 0 Å². The molecule has 0 spiro atoms. The molecule has 0 saturated carbocycles. The Hall–Kier alpha value is -2.05. The van der Waals surface area contributed by atoms with Gasteiger partial charge in [0.1, 0.15) is 11.8 Å². The number of carbonyl (C=O) groups is 2. The Labute approximate surface area is 198 Å². The lowest BCUT2D eigenvalue weighted by molar-refractivity contribution is -0.142. The van der Waals surface area contributed by atoms with Crippen molar-refractivity contribution in [3.8, 4) is 5.75 Å². The second-order valence-corrected chi connectivity index (χ2v) is 8.58. The summed E-state index contributed by atoms with van der Waals surface area (Å²) in [5, 5.41) is 3.38. The van der Waals surface area contributed by atoms with E-state index >= 15 is 0 Å². The fourth-order valence-corrected chi connectivity index (χ4v) is 3.94. The topological polar surface area (TPSA) is 58.6 Å². The van der Waals surface area contributed by atoms with Crippen LogP contribution in [0.2, 0.25) is 5.02 Å². The smallest absolute Gasteiger partial charge is 0.261 e. The van der Waals surface area contributed by atoms with Crippen LogP contribution in [0.5, 0.6) is 5.75 Å². The highest BCUT2D eigenvalue weighted by Gasteiger charge is 2.28. The molecule has 0 aromatic heterocycles. The number of hydrogen-bond acceptors (Lipinski definition) is 3. The van der Waals surface area contributed by atoms with Gasteiger partial charge in [-0.2, -0.15) is 0 Å². The first-order valence-corrected chi connectivity index (χ1v) is 11.8. The molecule has 0 fully saturated rings. The Morgan fingerprint density at radius 1 is 1.16 bits per heavy atom. The molecule has 168 valence electrons. The predicted molar refractivity (Wildman–Crippen MR) is 129 cm³/mol. The van der Waals surface area contributed by atoms with E-state index in [1.54, 1.807) is 23.1 Å². The molecule has 2 rings (SSSR count). The molecule has 2 aromatic carbocycles. The minimum absolute atomic E-state index is 0.126. The first-order chi connectivity index (χ1) is 15.0. The predicted octanol–water partition coefficient (Wildman–Crippen LogP) is 5.25. The van der Waals surface area contributed by atoms with Crippen molar-refractivity contribution in [2.75, 3.05) is 19.7 Å². The van der Waals surface area contributed by atoms with Crippen molar-refractivity contribution < 1.29 is 14.3 Å². The molecule has 7 heteroatoms. The van der Waals surface area contributed by atoms with Crippen molar-refractivity contribution >= 4 is 39.3 Å². The van der Waals surface area contributed by atoms with Gasteiger partial charge < -0.3 is 15.0 Å².